The van der Waals surface area contributed by atoms with Gasteiger partial charge >= 0.3 is 0 Å². The fraction of sp³-hybridized carbons (Fsp3) is 0.611. The second-order valence-corrected chi connectivity index (χ2v) is 7.94. The third kappa shape index (κ3) is 5.05. The van der Waals surface area contributed by atoms with Crippen LogP contribution in [0.25, 0.3) is 10.7 Å². The van der Waals surface area contributed by atoms with Gasteiger partial charge in [-0.25, -0.2) is 0 Å². The van der Waals surface area contributed by atoms with Crippen molar-refractivity contribution >= 4 is 29.7 Å². The molecule has 1 saturated carbocycles. The van der Waals surface area contributed by atoms with Gasteiger partial charge in [-0.15, -0.1) is 23.7 Å². The van der Waals surface area contributed by atoms with Gasteiger partial charge in [0, 0.05) is 32.0 Å². The molecule has 2 fully saturated rings. The molecular formula is C18H25ClN4O2S. The molecule has 26 heavy (non-hydrogen) atoms. The molecule has 3 heterocycles. The fourth-order valence-electron chi connectivity index (χ4n) is 3.22. The minimum atomic E-state index is 0. The Morgan fingerprint density at radius 3 is 2.81 bits per heavy atom. The lowest BCUT2D eigenvalue weighted by molar-refractivity contribution is -0.132. The van der Waals surface area contributed by atoms with Crippen molar-refractivity contribution < 1.29 is 9.32 Å². The highest BCUT2D eigenvalue weighted by Gasteiger charge is 2.26. The first kappa shape index (κ1) is 19.3. The molecule has 1 amide bonds. The molecule has 2 aromatic heterocycles. The molecule has 0 unspecified atom stereocenters. The van der Waals surface area contributed by atoms with Crippen molar-refractivity contribution in [1.29, 1.82) is 0 Å². The third-order valence-corrected chi connectivity index (χ3v) is 5.87. The lowest BCUT2D eigenvalue weighted by Crippen LogP contribution is -2.45. The number of nitrogens with one attached hydrogen (secondary N) is 1. The number of carbonyl (C=O) groups excluding carboxylic acids is 1. The smallest absolute Gasteiger partial charge is 0.227 e. The molecule has 0 spiro atoms. The minimum Gasteiger partial charge on any atom is -0.343 e. The second-order valence-electron chi connectivity index (χ2n) is 7.00. The number of amides is 1. The maximum atomic E-state index is 12.4. The number of carbonyl (C=O) groups is 1. The Hall–Kier alpha value is -1.44. The fourth-order valence-corrected chi connectivity index (χ4v) is 3.87. The number of hydrogen-bond donors (Lipinski definition) is 1. The average Bonchev–Trinajstić information content (AvgIpc) is 3.11. The van der Waals surface area contributed by atoms with Crippen LogP contribution in [0.1, 0.15) is 38.0 Å². The van der Waals surface area contributed by atoms with Crippen molar-refractivity contribution in [1.82, 2.24) is 20.4 Å². The van der Waals surface area contributed by atoms with Crippen LogP contribution in [0, 0.1) is 5.92 Å². The number of aromatic nitrogens is 2. The quantitative estimate of drug-likeness (QED) is 0.778. The van der Waals surface area contributed by atoms with Crippen molar-refractivity contribution in [2.24, 2.45) is 5.92 Å². The van der Waals surface area contributed by atoms with E-state index in [1.54, 1.807) is 11.3 Å². The molecule has 1 aliphatic heterocycles. The van der Waals surface area contributed by atoms with Gasteiger partial charge in [-0.1, -0.05) is 11.2 Å². The Bertz CT molecular complexity index is 694. The van der Waals surface area contributed by atoms with E-state index in [1.807, 2.05) is 22.4 Å². The third-order valence-electron chi connectivity index (χ3n) is 5.00. The van der Waals surface area contributed by atoms with Crippen molar-refractivity contribution in [2.45, 2.75) is 44.6 Å². The van der Waals surface area contributed by atoms with Crippen molar-refractivity contribution in [2.75, 3.05) is 19.6 Å². The Morgan fingerprint density at radius 1 is 1.31 bits per heavy atom. The number of halogens is 1. The number of rotatable bonds is 7. The summed E-state index contributed by atoms with van der Waals surface area (Å²) < 4.78 is 5.27. The van der Waals surface area contributed by atoms with Crippen LogP contribution >= 0.6 is 23.7 Å². The molecule has 8 heteroatoms. The van der Waals surface area contributed by atoms with E-state index in [1.165, 1.54) is 12.8 Å². The van der Waals surface area contributed by atoms with Gasteiger partial charge in [0.2, 0.25) is 17.6 Å². The SMILES string of the molecule is Cl.O=C(CCc1nc(-c2cccs2)no1)N1CCC(NCC2CC2)CC1. The number of likely N-dealkylation sites (tertiary alicyclic amines) is 1. The molecule has 2 aromatic rings. The molecule has 142 valence electrons. The van der Waals surface area contributed by atoms with E-state index in [-0.39, 0.29) is 18.3 Å². The highest BCUT2D eigenvalue weighted by molar-refractivity contribution is 7.13. The van der Waals surface area contributed by atoms with Gasteiger partial charge < -0.3 is 14.7 Å². The van der Waals surface area contributed by atoms with E-state index in [4.69, 9.17) is 4.52 Å². The van der Waals surface area contributed by atoms with Gasteiger partial charge in [0.1, 0.15) is 0 Å². The Labute approximate surface area is 163 Å². The first-order valence-electron chi connectivity index (χ1n) is 9.15. The van der Waals surface area contributed by atoms with Crippen LogP contribution in [0.4, 0.5) is 0 Å². The molecule has 4 rings (SSSR count). The van der Waals surface area contributed by atoms with Crippen molar-refractivity contribution in [3.63, 3.8) is 0 Å². The van der Waals surface area contributed by atoms with E-state index in [9.17, 15) is 4.79 Å². The molecule has 1 aliphatic carbocycles. The normalized spacial score (nSPS) is 17.9. The number of piperidine rings is 1. The Kier molecular flexibility index (Phi) is 6.67. The summed E-state index contributed by atoms with van der Waals surface area (Å²) >= 11 is 1.58. The largest absolute Gasteiger partial charge is 0.343 e. The van der Waals surface area contributed by atoms with E-state index in [2.05, 4.69) is 15.5 Å². The van der Waals surface area contributed by atoms with Gasteiger partial charge in [0.05, 0.1) is 4.88 Å². The summed E-state index contributed by atoms with van der Waals surface area (Å²) in [6, 6.07) is 4.50. The summed E-state index contributed by atoms with van der Waals surface area (Å²) in [5.41, 5.74) is 0. The van der Waals surface area contributed by atoms with Gasteiger partial charge in [-0.05, 0) is 49.6 Å². The van der Waals surface area contributed by atoms with E-state index in [0.717, 1.165) is 43.3 Å². The van der Waals surface area contributed by atoms with Crippen LogP contribution in [0.15, 0.2) is 22.0 Å². The standard InChI is InChI=1S/C18H24N4O2S.ClH/c23-17(22-9-7-14(8-10-22)19-12-13-3-4-13)6-5-16-20-18(21-24-16)15-2-1-11-25-15;/h1-2,11,13-14,19H,3-10,12H2;1H. The summed E-state index contributed by atoms with van der Waals surface area (Å²) in [5, 5.41) is 9.62. The molecule has 0 bridgehead atoms. The number of hydrogen-bond acceptors (Lipinski definition) is 6. The zero-order chi connectivity index (χ0) is 17.1. The predicted octanol–water partition coefficient (Wildman–Crippen LogP) is 3.14. The maximum Gasteiger partial charge on any atom is 0.227 e. The molecule has 6 nitrogen and oxygen atoms in total. The second kappa shape index (κ2) is 8.97. The van der Waals surface area contributed by atoms with Crippen LogP contribution < -0.4 is 5.32 Å². The van der Waals surface area contributed by atoms with E-state index >= 15 is 0 Å². The molecule has 1 saturated heterocycles. The predicted molar refractivity (Wildman–Crippen MR) is 104 cm³/mol. The van der Waals surface area contributed by atoms with Gasteiger partial charge in [-0.2, -0.15) is 4.98 Å². The van der Waals surface area contributed by atoms with Crippen LogP contribution in [-0.4, -0.2) is 46.6 Å². The molecule has 0 aromatic carbocycles. The zero-order valence-corrected chi connectivity index (χ0v) is 16.4. The van der Waals surface area contributed by atoms with Crippen LogP contribution in [0.2, 0.25) is 0 Å². The van der Waals surface area contributed by atoms with Crippen molar-refractivity contribution in [3.8, 4) is 10.7 Å². The number of thiophene rings is 1. The molecule has 1 N–H and O–H groups in total. The first-order chi connectivity index (χ1) is 12.3. The molecule has 2 aliphatic rings. The molecule has 0 atom stereocenters. The monoisotopic (exact) mass is 396 g/mol. The summed E-state index contributed by atoms with van der Waals surface area (Å²) in [5.74, 6) is 2.25. The highest BCUT2D eigenvalue weighted by Crippen LogP contribution is 2.28. The lowest BCUT2D eigenvalue weighted by Gasteiger charge is -2.32. The van der Waals surface area contributed by atoms with Gasteiger partial charge in [-0.3, -0.25) is 4.79 Å². The maximum absolute atomic E-state index is 12.4. The molecular weight excluding hydrogens is 372 g/mol. The summed E-state index contributed by atoms with van der Waals surface area (Å²) in [6.45, 7) is 2.86. The van der Waals surface area contributed by atoms with Crippen LogP contribution in [-0.2, 0) is 11.2 Å². The van der Waals surface area contributed by atoms with Gasteiger partial charge in [0.25, 0.3) is 0 Å². The summed E-state index contributed by atoms with van der Waals surface area (Å²) in [7, 11) is 0. The van der Waals surface area contributed by atoms with Crippen LogP contribution in [0.3, 0.4) is 0 Å². The Morgan fingerprint density at radius 2 is 2.12 bits per heavy atom. The van der Waals surface area contributed by atoms with Gasteiger partial charge in [0.15, 0.2) is 0 Å². The van der Waals surface area contributed by atoms with E-state index in [0.29, 0.717) is 30.6 Å². The highest BCUT2D eigenvalue weighted by atomic mass is 35.5. The summed E-state index contributed by atoms with van der Waals surface area (Å²) in [6.07, 6.45) is 5.83. The molecule has 0 radical (unpaired) electrons. The number of nitrogens with zero attached hydrogens (tertiary/aromatic N) is 3. The van der Waals surface area contributed by atoms with Crippen molar-refractivity contribution in [3.05, 3.63) is 23.4 Å². The topological polar surface area (TPSA) is 71.3 Å². The summed E-state index contributed by atoms with van der Waals surface area (Å²) in [4.78, 5) is 19.8. The first-order valence-corrected chi connectivity index (χ1v) is 10.0. The lowest BCUT2D eigenvalue weighted by atomic mass is 10.0. The van der Waals surface area contributed by atoms with Crippen LogP contribution in [0.5, 0.6) is 0 Å². The zero-order valence-electron chi connectivity index (χ0n) is 14.7. The average molecular weight is 397 g/mol. The Balaban J connectivity index is 0.00000196. The minimum absolute atomic E-state index is 0. The van der Waals surface area contributed by atoms with E-state index < -0.39 is 0 Å². The number of aryl methyl sites for hydroxylation is 1.